The molecule has 0 bridgehead atoms. The lowest BCUT2D eigenvalue weighted by molar-refractivity contribution is -0.385. The molecule has 1 N–H and O–H groups in total. The summed E-state index contributed by atoms with van der Waals surface area (Å²) in [6.07, 6.45) is 6.93. The minimum absolute atomic E-state index is 0.121. The molecule has 8 nitrogen and oxygen atoms in total. The highest BCUT2D eigenvalue weighted by molar-refractivity contribution is 5.80. The summed E-state index contributed by atoms with van der Waals surface area (Å²) < 4.78 is 0. The summed E-state index contributed by atoms with van der Waals surface area (Å²) in [6.45, 7) is -0.590. The van der Waals surface area contributed by atoms with Crippen LogP contribution in [0.3, 0.4) is 0 Å². The lowest BCUT2D eigenvalue weighted by Crippen LogP contribution is -2.40. The van der Waals surface area contributed by atoms with Crippen LogP contribution in [0.2, 0.25) is 0 Å². The Morgan fingerprint density at radius 3 is 2.80 bits per heavy atom. The van der Waals surface area contributed by atoms with Crippen molar-refractivity contribution in [3.8, 4) is 0 Å². The van der Waals surface area contributed by atoms with Gasteiger partial charge in [0.25, 0.3) is 11.6 Å². The SMILES string of the molecule is CN(C(=O)CO/N=C/c1ccc([N+](=O)[O-])c(CO)c1)C1CCCCC1. The van der Waals surface area contributed by atoms with Crippen molar-refractivity contribution in [3.05, 3.63) is 39.4 Å². The Labute approximate surface area is 146 Å². The molecule has 8 heteroatoms. The fraction of sp³-hybridized carbons (Fsp3) is 0.529. The maximum Gasteiger partial charge on any atom is 0.274 e. The number of carbonyl (C=O) groups excluding carboxylic acids is 1. The van der Waals surface area contributed by atoms with Gasteiger partial charge in [0.05, 0.1) is 23.3 Å². The standard InChI is InChI=1S/C17H23N3O5/c1-19(15-5-3-2-4-6-15)17(22)12-25-18-10-13-7-8-16(20(23)24)14(9-13)11-21/h7-10,15,21H,2-6,11-12H2,1H3/b18-10+. The van der Waals surface area contributed by atoms with Crippen molar-refractivity contribution in [1.82, 2.24) is 4.90 Å². The van der Waals surface area contributed by atoms with Gasteiger partial charge in [-0.3, -0.25) is 14.9 Å². The maximum absolute atomic E-state index is 12.1. The first-order chi connectivity index (χ1) is 12.0. The van der Waals surface area contributed by atoms with Crippen LogP contribution in [0.15, 0.2) is 23.4 Å². The van der Waals surface area contributed by atoms with Crippen LogP contribution in [-0.4, -0.2) is 46.7 Å². The van der Waals surface area contributed by atoms with E-state index in [2.05, 4.69) is 5.16 Å². The summed E-state index contributed by atoms with van der Waals surface area (Å²) in [7, 11) is 1.79. The smallest absolute Gasteiger partial charge is 0.274 e. The number of amides is 1. The number of nitro groups is 1. The molecule has 25 heavy (non-hydrogen) atoms. The molecule has 0 radical (unpaired) electrons. The summed E-state index contributed by atoms with van der Waals surface area (Å²) in [5.74, 6) is -0.121. The minimum Gasteiger partial charge on any atom is -0.391 e. The van der Waals surface area contributed by atoms with Gasteiger partial charge in [0.1, 0.15) is 0 Å². The first-order valence-corrected chi connectivity index (χ1v) is 8.32. The average molecular weight is 349 g/mol. The first-order valence-electron chi connectivity index (χ1n) is 8.32. The average Bonchev–Trinajstić information content (AvgIpc) is 2.64. The zero-order valence-electron chi connectivity index (χ0n) is 14.3. The zero-order chi connectivity index (χ0) is 18.2. The van der Waals surface area contributed by atoms with E-state index < -0.39 is 11.5 Å². The molecule has 136 valence electrons. The fourth-order valence-electron chi connectivity index (χ4n) is 2.95. The van der Waals surface area contributed by atoms with Crippen molar-refractivity contribution in [2.75, 3.05) is 13.7 Å². The highest BCUT2D eigenvalue weighted by Gasteiger charge is 2.22. The third-order valence-corrected chi connectivity index (χ3v) is 4.45. The van der Waals surface area contributed by atoms with E-state index in [-0.39, 0.29) is 29.8 Å². The Morgan fingerprint density at radius 2 is 2.16 bits per heavy atom. The molecule has 0 heterocycles. The highest BCUT2D eigenvalue weighted by Crippen LogP contribution is 2.22. The van der Waals surface area contributed by atoms with Gasteiger partial charge in [-0.1, -0.05) is 24.4 Å². The second kappa shape index (κ2) is 9.12. The lowest BCUT2D eigenvalue weighted by atomic mass is 9.94. The molecule has 0 atom stereocenters. The van der Waals surface area contributed by atoms with E-state index in [1.165, 1.54) is 30.8 Å². The van der Waals surface area contributed by atoms with E-state index in [0.29, 0.717) is 5.56 Å². The Hall–Kier alpha value is -2.48. The third kappa shape index (κ3) is 5.25. The molecule has 1 aromatic rings. The Morgan fingerprint density at radius 1 is 1.44 bits per heavy atom. The summed E-state index contributed by atoms with van der Waals surface area (Å²) >= 11 is 0. The second-order valence-corrected chi connectivity index (χ2v) is 6.11. The summed E-state index contributed by atoms with van der Waals surface area (Å²) in [4.78, 5) is 29.1. The number of oxime groups is 1. The molecule has 0 aliphatic heterocycles. The van der Waals surface area contributed by atoms with Crippen LogP contribution in [0.4, 0.5) is 5.69 Å². The first kappa shape index (κ1) is 18.9. The van der Waals surface area contributed by atoms with E-state index in [4.69, 9.17) is 4.84 Å². The van der Waals surface area contributed by atoms with Gasteiger partial charge in [-0.2, -0.15) is 0 Å². The van der Waals surface area contributed by atoms with Crippen molar-refractivity contribution in [2.24, 2.45) is 5.16 Å². The quantitative estimate of drug-likeness (QED) is 0.462. The van der Waals surface area contributed by atoms with Gasteiger partial charge in [-0.15, -0.1) is 0 Å². The zero-order valence-corrected chi connectivity index (χ0v) is 14.3. The molecule has 1 fully saturated rings. The predicted molar refractivity (Wildman–Crippen MR) is 92.2 cm³/mol. The number of nitrogens with zero attached hydrogens (tertiary/aromatic N) is 3. The normalized spacial score (nSPS) is 15.3. The van der Waals surface area contributed by atoms with E-state index >= 15 is 0 Å². The van der Waals surface area contributed by atoms with Gasteiger partial charge < -0.3 is 14.8 Å². The monoisotopic (exact) mass is 349 g/mol. The van der Waals surface area contributed by atoms with Gasteiger partial charge >= 0.3 is 0 Å². The molecule has 1 amide bonds. The molecule has 1 aliphatic rings. The van der Waals surface area contributed by atoms with Crippen LogP contribution < -0.4 is 0 Å². The van der Waals surface area contributed by atoms with E-state index in [1.807, 2.05) is 0 Å². The van der Waals surface area contributed by atoms with Crippen LogP contribution >= 0.6 is 0 Å². The topological polar surface area (TPSA) is 105 Å². The highest BCUT2D eigenvalue weighted by atomic mass is 16.6. The number of rotatable bonds is 7. The number of likely N-dealkylation sites (N-methyl/N-ethyl adjacent to an activating group) is 1. The van der Waals surface area contributed by atoms with Crippen LogP contribution in [0, 0.1) is 10.1 Å². The molecule has 0 unspecified atom stereocenters. The number of nitro benzene ring substituents is 1. The van der Waals surface area contributed by atoms with Crippen molar-refractivity contribution >= 4 is 17.8 Å². The molecule has 2 rings (SSSR count). The lowest BCUT2D eigenvalue weighted by Gasteiger charge is -2.30. The van der Waals surface area contributed by atoms with Crippen LogP contribution in [0.25, 0.3) is 0 Å². The molecule has 0 spiro atoms. The van der Waals surface area contributed by atoms with Crippen molar-refractivity contribution < 1.29 is 19.7 Å². The summed E-state index contributed by atoms with van der Waals surface area (Å²) in [5, 5.41) is 23.7. The number of benzene rings is 1. The minimum atomic E-state index is -0.553. The number of hydrogen-bond acceptors (Lipinski definition) is 6. The number of carbonyl (C=O) groups is 1. The number of aliphatic hydroxyl groups is 1. The van der Waals surface area contributed by atoms with Gasteiger partial charge in [0.15, 0.2) is 6.61 Å². The molecule has 1 aliphatic carbocycles. The van der Waals surface area contributed by atoms with Crippen molar-refractivity contribution in [1.29, 1.82) is 0 Å². The van der Waals surface area contributed by atoms with Gasteiger partial charge in [-0.25, -0.2) is 0 Å². The molecular formula is C17H23N3O5. The second-order valence-electron chi connectivity index (χ2n) is 6.11. The molecule has 1 saturated carbocycles. The third-order valence-electron chi connectivity index (χ3n) is 4.45. The van der Waals surface area contributed by atoms with Crippen molar-refractivity contribution in [3.63, 3.8) is 0 Å². The Balaban J connectivity index is 1.86. The van der Waals surface area contributed by atoms with Crippen LogP contribution in [-0.2, 0) is 16.2 Å². The largest absolute Gasteiger partial charge is 0.391 e. The summed E-state index contributed by atoms with van der Waals surface area (Å²) in [5.41, 5.74) is 0.592. The number of aliphatic hydroxyl groups excluding tert-OH is 1. The van der Waals surface area contributed by atoms with Gasteiger partial charge in [0.2, 0.25) is 0 Å². The van der Waals surface area contributed by atoms with Gasteiger partial charge in [-0.05, 0) is 30.5 Å². The maximum atomic E-state index is 12.1. The molecule has 0 aromatic heterocycles. The Kier molecular flexibility index (Phi) is 6.88. The van der Waals surface area contributed by atoms with E-state index in [0.717, 1.165) is 25.7 Å². The summed E-state index contributed by atoms with van der Waals surface area (Å²) in [6, 6.07) is 4.53. The molecule has 0 saturated heterocycles. The van der Waals surface area contributed by atoms with E-state index in [9.17, 15) is 20.0 Å². The number of hydrogen-bond donors (Lipinski definition) is 1. The van der Waals surface area contributed by atoms with Crippen molar-refractivity contribution in [2.45, 2.75) is 44.8 Å². The van der Waals surface area contributed by atoms with Crippen LogP contribution in [0.1, 0.15) is 43.2 Å². The Bertz CT molecular complexity index is 641. The van der Waals surface area contributed by atoms with Gasteiger partial charge in [0, 0.05) is 19.2 Å². The molecule has 1 aromatic carbocycles. The fourth-order valence-corrected chi connectivity index (χ4v) is 2.95. The molecular weight excluding hydrogens is 326 g/mol. The van der Waals surface area contributed by atoms with E-state index in [1.54, 1.807) is 11.9 Å². The van der Waals surface area contributed by atoms with Crippen LogP contribution in [0.5, 0.6) is 0 Å². The predicted octanol–water partition coefficient (Wildman–Crippen LogP) is 2.23.